The Labute approximate surface area is 108 Å². The summed E-state index contributed by atoms with van der Waals surface area (Å²) in [5, 5.41) is 4.87. The molecule has 0 aliphatic heterocycles. The molecule has 1 aromatic carbocycles. The Morgan fingerprint density at radius 3 is 2.56 bits per heavy atom. The Morgan fingerprint density at radius 1 is 1.25 bits per heavy atom. The molecule has 0 aliphatic carbocycles. The molecule has 1 atom stereocenters. The number of hydrogen-bond donors (Lipinski definition) is 1. The SMILES string of the molecule is CC(C)C(C)SCCNc1ccccc1Cl. The summed E-state index contributed by atoms with van der Waals surface area (Å²) in [6.07, 6.45) is 0. The van der Waals surface area contributed by atoms with Gasteiger partial charge in [0.1, 0.15) is 0 Å². The minimum atomic E-state index is 0.716. The van der Waals surface area contributed by atoms with Gasteiger partial charge in [0.25, 0.3) is 0 Å². The van der Waals surface area contributed by atoms with Crippen LogP contribution in [0.4, 0.5) is 5.69 Å². The van der Waals surface area contributed by atoms with Gasteiger partial charge in [-0.05, 0) is 18.1 Å². The van der Waals surface area contributed by atoms with E-state index >= 15 is 0 Å². The van der Waals surface area contributed by atoms with Gasteiger partial charge in [0.05, 0.1) is 10.7 Å². The molecule has 0 heterocycles. The highest BCUT2D eigenvalue weighted by Crippen LogP contribution is 2.21. The predicted molar refractivity (Wildman–Crippen MR) is 76.7 cm³/mol. The number of para-hydroxylation sites is 1. The maximum Gasteiger partial charge on any atom is 0.0637 e. The topological polar surface area (TPSA) is 12.0 Å². The van der Waals surface area contributed by atoms with Crippen molar-refractivity contribution >= 4 is 29.1 Å². The lowest BCUT2D eigenvalue weighted by Gasteiger charge is -2.15. The fourth-order valence-corrected chi connectivity index (χ4v) is 2.41. The molecular weight excluding hydrogens is 238 g/mol. The highest BCUT2D eigenvalue weighted by atomic mass is 35.5. The summed E-state index contributed by atoms with van der Waals surface area (Å²) < 4.78 is 0. The third-order valence-electron chi connectivity index (χ3n) is 2.61. The Hall–Kier alpha value is -0.340. The van der Waals surface area contributed by atoms with Crippen LogP contribution in [0.15, 0.2) is 24.3 Å². The van der Waals surface area contributed by atoms with Crippen LogP contribution in [-0.4, -0.2) is 17.5 Å². The van der Waals surface area contributed by atoms with E-state index in [1.165, 1.54) is 0 Å². The minimum absolute atomic E-state index is 0.716. The van der Waals surface area contributed by atoms with Crippen LogP contribution < -0.4 is 5.32 Å². The van der Waals surface area contributed by atoms with Crippen molar-refractivity contribution in [3.05, 3.63) is 29.3 Å². The number of anilines is 1. The molecule has 0 aliphatic rings. The summed E-state index contributed by atoms with van der Waals surface area (Å²) in [5.41, 5.74) is 1.03. The number of benzene rings is 1. The molecule has 1 nitrogen and oxygen atoms in total. The summed E-state index contributed by atoms with van der Waals surface area (Å²) in [7, 11) is 0. The van der Waals surface area contributed by atoms with Gasteiger partial charge in [0.2, 0.25) is 0 Å². The van der Waals surface area contributed by atoms with Crippen LogP contribution in [-0.2, 0) is 0 Å². The fraction of sp³-hybridized carbons (Fsp3) is 0.538. The molecule has 0 aromatic heterocycles. The zero-order valence-electron chi connectivity index (χ0n) is 10.2. The van der Waals surface area contributed by atoms with Crippen molar-refractivity contribution in [3.63, 3.8) is 0 Å². The smallest absolute Gasteiger partial charge is 0.0637 e. The van der Waals surface area contributed by atoms with Crippen LogP contribution in [0.25, 0.3) is 0 Å². The van der Waals surface area contributed by atoms with Crippen LogP contribution >= 0.6 is 23.4 Å². The molecular formula is C13H20ClNS. The van der Waals surface area contributed by atoms with Crippen molar-refractivity contribution in [3.8, 4) is 0 Å². The molecule has 90 valence electrons. The summed E-state index contributed by atoms with van der Waals surface area (Å²) in [5.74, 6) is 1.86. The molecule has 3 heteroatoms. The largest absolute Gasteiger partial charge is 0.383 e. The van der Waals surface area contributed by atoms with E-state index < -0.39 is 0 Å². The second-order valence-electron chi connectivity index (χ2n) is 4.23. The van der Waals surface area contributed by atoms with Gasteiger partial charge in [-0.1, -0.05) is 44.5 Å². The van der Waals surface area contributed by atoms with Gasteiger partial charge in [0.15, 0.2) is 0 Å². The van der Waals surface area contributed by atoms with Gasteiger partial charge in [-0.2, -0.15) is 11.8 Å². The normalized spacial score (nSPS) is 12.8. The third-order valence-corrected chi connectivity index (χ3v) is 4.45. The van der Waals surface area contributed by atoms with Crippen molar-refractivity contribution in [2.75, 3.05) is 17.6 Å². The molecule has 0 saturated carbocycles. The van der Waals surface area contributed by atoms with Crippen LogP contribution in [0.1, 0.15) is 20.8 Å². The standard InChI is InChI=1S/C13H20ClNS/c1-10(2)11(3)16-9-8-15-13-7-5-4-6-12(13)14/h4-7,10-11,15H,8-9H2,1-3H3. The maximum absolute atomic E-state index is 6.05. The maximum atomic E-state index is 6.05. The van der Waals surface area contributed by atoms with Crippen LogP contribution in [0, 0.1) is 5.92 Å². The van der Waals surface area contributed by atoms with Gasteiger partial charge < -0.3 is 5.32 Å². The van der Waals surface area contributed by atoms with E-state index in [-0.39, 0.29) is 0 Å². The molecule has 0 fully saturated rings. The zero-order chi connectivity index (χ0) is 12.0. The lowest BCUT2D eigenvalue weighted by atomic mass is 10.2. The van der Waals surface area contributed by atoms with Crippen molar-refractivity contribution < 1.29 is 0 Å². The Bertz CT molecular complexity index is 315. The molecule has 1 aromatic rings. The monoisotopic (exact) mass is 257 g/mol. The van der Waals surface area contributed by atoms with Crippen molar-refractivity contribution in [1.82, 2.24) is 0 Å². The third kappa shape index (κ3) is 4.67. The number of thioether (sulfide) groups is 1. The number of nitrogens with one attached hydrogen (secondary N) is 1. The lowest BCUT2D eigenvalue weighted by molar-refractivity contribution is 0.642. The number of hydrogen-bond acceptors (Lipinski definition) is 2. The van der Waals surface area contributed by atoms with E-state index in [0.29, 0.717) is 5.25 Å². The first kappa shape index (κ1) is 13.7. The molecule has 1 N–H and O–H groups in total. The van der Waals surface area contributed by atoms with Crippen molar-refractivity contribution in [2.45, 2.75) is 26.0 Å². The summed E-state index contributed by atoms with van der Waals surface area (Å²) in [6.45, 7) is 7.77. The highest BCUT2D eigenvalue weighted by Gasteiger charge is 2.06. The van der Waals surface area contributed by atoms with Crippen LogP contribution in [0.5, 0.6) is 0 Å². The first-order chi connectivity index (χ1) is 7.61. The van der Waals surface area contributed by atoms with Crippen LogP contribution in [0.2, 0.25) is 5.02 Å². The van der Waals surface area contributed by atoms with Gasteiger partial charge in [-0.15, -0.1) is 0 Å². The van der Waals surface area contributed by atoms with Crippen molar-refractivity contribution in [2.24, 2.45) is 5.92 Å². The van der Waals surface area contributed by atoms with Crippen LogP contribution in [0.3, 0.4) is 0 Å². The number of rotatable bonds is 6. The second-order valence-corrected chi connectivity index (χ2v) is 6.12. The molecule has 0 bridgehead atoms. The van der Waals surface area contributed by atoms with E-state index in [4.69, 9.17) is 11.6 Å². The average molecular weight is 258 g/mol. The summed E-state index contributed by atoms with van der Waals surface area (Å²) >= 11 is 8.05. The van der Waals surface area contributed by atoms with E-state index in [1.54, 1.807) is 0 Å². The van der Waals surface area contributed by atoms with E-state index in [0.717, 1.165) is 28.9 Å². The fourth-order valence-electron chi connectivity index (χ4n) is 1.23. The van der Waals surface area contributed by atoms with Crippen molar-refractivity contribution in [1.29, 1.82) is 0 Å². The lowest BCUT2D eigenvalue weighted by Crippen LogP contribution is -2.11. The highest BCUT2D eigenvalue weighted by molar-refractivity contribution is 7.99. The quantitative estimate of drug-likeness (QED) is 0.752. The molecule has 1 unspecified atom stereocenters. The minimum Gasteiger partial charge on any atom is -0.383 e. The Morgan fingerprint density at radius 2 is 1.94 bits per heavy atom. The Kier molecular flexibility index (Phi) is 6.07. The summed E-state index contributed by atoms with van der Waals surface area (Å²) in [6, 6.07) is 7.87. The molecule has 16 heavy (non-hydrogen) atoms. The average Bonchev–Trinajstić information content (AvgIpc) is 2.26. The predicted octanol–water partition coefficient (Wildman–Crippen LogP) is 4.53. The Balaban J connectivity index is 2.24. The molecule has 0 saturated heterocycles. The molecule has 1 rings (SSSR count). The van der Waals surface area contributed by atoms with E-state index in [1.807, 2.05) is 36.0 Å². The summed E-state index contributed by atoms with van der Waals surface area (Å²) in [4.78, 5) is 0. The molecule has 0 amide bonds. The zero-order valence-corrected chi connectivity index (χ0v) is 11.7. The number of halogens is 1. The van der Waals surface area contributed by atoms with Gasteiger partial charge in [-0.3, -0.25) is 0 Å². The first-order valence-corrected chi connectivity index (χ1v) is 7.14. The second kappa shape index (κ2) is 7.08. The molecule has 0 radical (unpaired) electrons. The van der Waals surface area contributed by atoms with Gasteiger partial charge >= 0.3 is 0 Å². The molecule has 0 spiro atoms. The van der Waals surface area contributed by atoms with Gasteiger partial charge in [-0.25, -0.2) is 0 Å². The van der Waals surface area contributed by atoms with E-state index in [2.05, 4.69) is 26.1 Å². The first-order valence-electron chi connectivity index (χ1n) is 5.71. The van der Waals surface area contributed by atoms with E-state index in [9.17, 15) is 0 Å². The van der Waals surface area contributed by atoms with Gasteiger partial charge in [0, 0.05) is 17.5 Å².